The molecule has 5 nitrogen and oxygen atoms in total. The van der Waals surface area contributed by atoms with Crippen molar-refractivity contribution in [1.82, 2.24) is 0 Å². The third-order valence-corrected chi connectivity index (χ3v) is 3.54. The molecule has 0 unspecified atom stereocenters. The number of aryl methyl sites for hydroxylation is 1. The van der Waals surface area contributed by atoms with E-state index in [2.05, 4.69) is 26.6 Å². The molecule has 0 aliphatic rings. The topological polar surface area (TPSA) is 59.6 Å². The van der Waals surface area contributed by atoms with Crippen LogP contribution < -0.4 is 20.1 Å². The van der Waals surface area contributed by atoms with Gasteiger partial charge in [0.15, 0.2) is 0 Å². The molecule has 0 radical (unpaired) electrons. The molecule has 0 saturated carbocycles. The molecule has 2 N–H and O–H groups in total. The van der Waals surface area contributed by atoms with Crippen LogP contribution in [-0.2, 0) is 0 Å². The Bertz CT molecular complexity index is 667. The first-order chi connectivity index (χ1) is 10.5. The Morgan fingerprint density at radius 1 is 1.00 bits per heavy atom. The van der Waals surface area contributed by atoms with Gasteiger partial charge in [-0.05, 0) is 30.7 Å². The largest absolute Gasteiger partial charge is 0.497 e. The van der Waals surface area contributed by atoms with Gasteiger partial charge >= 0.3 is 6.03 Å². The number of rotatable bonds is 4. The van der Waals surface area contributed by atoms with Gasteiger partial charge in [-0.1, -0.05) is 15.9 Å². The number of hydrogen-bond donors (Lipinski definition) is 2. The van der Waals surface area contributed by atoms with E-state index in [-0.39, 0.29) is 6.03 Å². The monoisotopic (exact) mass is 364 g/mol. The fourth-order valence-corrected chi connectivity index (χ4v) is 2.41. The summed E-state index contributed by atoms with van der Waals surface area (Å²) in [6.07, 6.45) is 0. The van der Waals surface area contributed by atoms with Crippen molar-refractivity contribution in [1.29, 1.82) is 0 Å². The average molecular weight is 365 g/mol. The zero-order chi connectivity index (χ0) is 16.1. The highest BCUT2D eigenvalue weighted by Crippen LogP contribution is 2.26. The van der Waals surface area contributed by atoms with E-state index in [1.807, 2.05) is 25.1 Å². The standard InChI is InChI=1S/C16H17BrN2O3/c1-10-6-11(17)4-5-15(10)19-16(20)18-12-7-13(21-2)9-14(8-12)22-3/h4-9H,1-3H3,(H2,18,19,20). The van der Waals surface area contributed by atoms with Crippen molar-refractivity contribution in [3.63, 3.8) is 0 Å². The lowest BCUT2D eigenvalue weighted by molar-refractivity contribution is 0.262. The van der Waals surface area contributed by atoms with Gasteiger partial charge < -0.3 is 20.1 Å². The SMILES string of the molecule is COc1cc(NC(=O)Nc2ccc(Br)cc2C)cc(OC)c1. The predicted octanol–water partition coefficient (Wildman–Crippen LogP) is 4.42. The maximum Gasteiger partial charge on any atom is 0.323 e. The number of halogens is 1. The van der Waals surface area contributed by atoms with Crippen LogP contribution in [0.25, 0.3) is 0 Å². The van der Waals surface area contributed by atoms with Gasteiger partial charge in [0.1, 0.15) is 11.5 Å². The molecule has 22 heavy (non-hydrogen) atoms. The lowest BCUT2D eigenvalue weighted by Crippen LogP contribution is -2.20. The van der Waals surface area contributed by atoms with Crippen molar-refractivity contribution in [3.8, 4) is 11.5 Å². The highest BCUT2D eigenvalue weighted by Gasteiger charge is 2.08. The summed E-state index contributed by atoms with van der Waals surface area (Å²) in [6.45, 7) is 1.93. The number of ether oxygens (including phenoxy) is 2. The summed E-state index contributed by atoms with van der Waals surface area (Å²) in [5, 5.41) is 5.57. The zero-order valence-corrected chi connectivity index (χ0v) is 14.2. The van der Waals surface area contributed by atoms with Gasteiger partial charge in [-0.3, -0.25) is 0 Å². The molecule has 0 heterocycles. The van der Waals surface area contributed by atoms with Gasteiger partial charge in [-0.15, -0.1) is 0 Å². The fourth-order valence-electron chi connectivity index (χ4n) is 1.93. The van der Waals surface area contributed by atoms with Gasteiger partial charge in [0.25, 0.3) is 0 Å². The van der Waals surface area contributed by atoms with Gasteiger partial charge in [-0.25, -0.2) is 4.79 Å². The molecule has 6 heteroatoms. The third kappa shape index (κ3) is 4.14. The smallest absolute Gasteiger partial charge is 0.323 e. The number of amides is 2. The van der Waals surface area contributed by atoms with Crippen LogP contribution in [0.3, 0.4) is 0 Å². The minimum Gasteiger partial charge on any atom is -0.497 e. The van der Waals surface area contributed by atoms with Crippen molar-refractivity contribution < 1.29 is 14.3 Å². The van der Waals surface area contributed by atoms with E-state index in [0.29, 0.717) is 17.2 Å². The predicted molar refractivity (Wildman–Crippen MR) is 91.1 cm³/mol. The van der Waals surface area contributed by atoms with E-state index in [1.54, 1.807) is 32.4 Å². The Morgan fingerprint density at radius 3 is 2.18 bits per heavy atom. The molecule has 0 fully saturated rings. The summed E-state index contributed by atoms with van der Waals surface area (Å²) < 4.78 is 11.3. The molecular formula is C16H17BrN2O3. The Hall–Kier alpha value is -2.21. The third-order valence-electron chi connectivity index (χ3n) is 3.05. The molecule has 0 aliphatic heterocycles. The summed E-state index contributed by atoms with van der Waals surface area (Å²) in [5.74, 6) is 1.21. The number of carbonyl (C=O) groups excluding carboxylic acids is 1. The highest BCUT2D eigenvalue weighted by atomic mass is 79.9. The van der Waals surface area contributed by atoms with E-state index >= 15 is 0 Å². The quantitative estimate of drug-likeness (QED) is 0.843. The second-order valence-corrected chi connectivity index (χ2v) is 5.56. The van der Waals surface area contributed by atoms with Crippen LogP contribution in [0.1, 0.15) is 5.56 Å². The summed E-state index contributed by atoms with van der Waals surface area (Å²) in [4.78, 5) is 12.1. The van der Waals surface area contributed by atoms with Crippen LogP contribution in [0.15, 0.2) is 40.9 Å². The molecular weight excluding hydrogens is 348 g/mol. The van der Waals surface area contributed by atoms with Crippen LogP contribution in [0.5, 0.6) is 11.5 Å². The van der Waals surface area contributed by atoms with Crippen molar-refractivity contribution >= 4 is 33.3 Å². The van der Waals surface area contributed by atoms with Crippen LogP contribution in [0.4, 0.5) is 16.2 Å². The van der Waals surface area contributed by atoms with Gasteiger partial charge in [-0.2, -0.15) is 0 Å². The van der Waals surface area contributed by atoms with Crippen LogP contribution in [0, 0.1) is 6.92 Å². The minimum atomic E-state index is -0.333. The lowest BCUT2D eigenvalue weighted by atomic mass is 10.2. The first-order valence-electron chi connectivity index (χ1n) is 6.59. The molecule has 2 rings (SSSR count). The van der Waals surface area contributed by atoms with Gasteiger partial charge in [0.2, 0.25) is 0 Å². The normalized spacial score (nSPS) is 10.0. The fraction of sp³-hybridized carbons (Fsp3) is 0.188. The van der Waals surface area contributed by atoms with Crippen LogP contribution >= 0.6 is 15.9 Å². The molecule has 0 spiro atoms. The van der Waals surface area contributed by atoms with Crippen LogP contribution in [0.2, 0.25) is 0 Å². The number of hydrogen-bond acceptors (Lipinski definition) is 3. The highest BCUT2D eigenvalue weighted by molar-refractivity contribution is 9.10. The van der Waals surface area contributed by atoms with Crippen LogP contribution in [-0.4, -0.2) is 20.3 Å². The number of nitrogens with one attached hydrogen (secondary N) is 2. The lowest BCUT2D eigenvalue weighted by Gasteiger charge is -2.12. The first kappa shape index (κ1) is 16.2. The van der Waals surface area contributed by atoms with Crippen molar-refractivity contribution in [2.75, 3.05) is 24.9 Å². The Balaban J connectivity index is 2.11. The van der Waals surface area contributed by atoms with E-state index in [4.69, 9.17) is 9.47 Å². The van der Waals surface area contributed by atoms with E-state index < -0.39 is 0 Å². The molecule has 2 aromatic rings. The molecule has 2 amide bonds. The number of anilines is 2. The molecule has 2 aromatic carbocycles. The maximum atomic E-state index is 12.1. The Labute approximate surface area is 137 Å². The Morgan fingerprint density at radius 2 is 1.64 bits per heavy atom. The molecule has 0 atom stereocenters. The number of benzene rings is 2. The second kappa shape index (κ2) is 7.17. The number of methoxy groups -OCH3 is 2. The first-order valence-corrected chi connectivity index (χ1v) is 7.38. The summed E-state index contributed by atoms with van der Waals surface area (Å²) >= 11 is 3.39. The summed E-state index contributed by atoms with van der Waals surface area (Å²) in [6, 6.07) is 10.5. The Kier molecular flexibility index (Phi) is 5.27. The average Bonchev–Trinajstić information content (AvgIpc) is 2.49. The van der Waals surface area contributed by atoms with Gasteiger partial charge in [0.05, 0.1) is 14.2 Å². The van der Waals surface area contributed by atoms with E-state index in [9.17, 15) is 4.79 Å². The minimum absolute atomic E-state index is 0.333. The zero-order valence-electron chi connectivity index (χ0n) is 12.6. The summed E-state index contributed by atoms with van der Waals surface area (Å²) in [7, 11) is 3.12. The van der Waals surface area contributed by atoms with Crippen molar-refractivity contribution in [2.24, 2.45) is 0 Å². The van der Waals surface area contributed by atoms with Crippen molar-refractivity contribution in [3.05, 3.63) is 46.4 Å². The summed E-state index contributed by atoms with van der Waals surface area (Å²) in [5.41, 5.74) is 2.30. The molecule has 116 valence electrons. The molecule has 0 aliphatic carbocycles. The molecule has 0 bridgehead atoms. The van der Waals surface area contributed by atoms with E-state index in [0.717, 1.165) is 15.7 Å². The second-order valence-electron chi connectivity index (χ2n) is 4.64. The van der Waals surface area contributed by atoms with Gasteiger partial charge in [0, 0.05) is 34.0 Å². The van der Waals surface area contributed by atoms with Crippen molar-refractivity contribution in [2.45, 2.75) is 6.92 Å². The number of urea groups is 1. The van der Waals surface area contributed by atoms with E-state index in [1.165, 1.54) is 0 Å². The maximum absolute atomic E-state index is 12.1. The number of carbonyl (C=O) groups is 1. The molecule has 0 saturated heterocycles. The molecule has 0 aromatic heterocycles.